The molecule has 1 aromatic rings. The number of ether oxygens (including phenoxy) is 1. The van der Waals surface area contributed by atoms with E-state index in [1.807, 2.05) is 19.9 Å². The lowest BCUT2D eigenvalue weighted by molar-refractivity contribution is -0.142. The fourth-order valence-corrected chi connectivity index (χ4v) is 3.38. The average Bonchev–Trinajstić information content (AvgIpc) is 2.90. The van der Waals surface area contributed by atoms with E-state index in [-0.39, 0.29) is 40.3 Å². The lowest BCUT2D eigenvalue weighted by Gasteiger charge is -2.36. The van der Waals surface area contributed by atoms with Crippen LogP contribution < -0.4 is 5.73 Å². The molecule has 2 N–H and O–H groups in total. The third kappa shape index (κ3) is 3.31. The largest absolute Gasteiger partial charge is 0.444 e. The number of rotatable bonds is 2. The summed E-state index contributed by atoms with van der Waals surface area (Å²) in [5, 5.41) is 13.4. The summed E-state index contributed by atoms with van der Waals surface area (Å²) >= 11 is 0. The van der Waals surface area contributed by atoms with Crippen LogP contribution in [0.4, 0.5) is 13.2 Å². The van der Waals surface area contributed by atoms with Gasteiger partial charge in [-0.3, -0.25) is 9.48 Å². The Morgan fingerprint density at radius 2 is 2.15 bits per heavy atom. The highest BCUT2D eigenvalue weighted by atomic mass is 19.4. The van der Waals surface area contributed by atoms with Crippen LogP contribution in [-0.2, 0) is 16.1 Å². The monoisotopic (exact) mass is 366 g/mol. The zero-order valence-corrected chi connectivity index (χ0v) is 14.2. The van der Waals surface area contributed by atoms with E-state index in [0.29, 0.717) is 12.2 Å². The van der Waals surface area contributed by atoms with E-state index in [2.05, 4.69) is 5.10 Å². The first-order valence-corrected chi connectivity index (χ1v) is 7.95. The summed E-state index contributed by atoms with van der Waals surface area (Å²) in [5.74, 6) is -0.918. The molecular weight excluding hydrogens is 349 g/mol. The number of Topliss-reactive ketones (excluding diaryl/α,β-unsaturated/α-hetero) is 1. The van der Waals surface area contributed by atoms with Crippen molar-refractivity contribution in [1.29, 1.82) is 5.26 Å². The van der Waals surface area contributed by atoms with Gasteiger partial charge in [-0.2, -0.15) is 23.5 Å². The van der Waals surface area contributed by atoms with Crippen LogP contribution in [-0.4, -0.2) is 21.7 Å². The van der Waals surface area contributed by atoms with E-state index in [9.17, 15) is 23.2 Å². The molecule has 0 saturated heterocycles. The van der Waals surface area contributed by atoms with Crippen LogP contribution in [0.2, 0.25) is 0 Å². The number of halogens is 3. The number of nitrogens with zero attached hydrogens (tertiary/aromatic N) is 3. The first-order valence-electron chi connectivity index (χ1n) is 7.95. The first-order chi connectivity index (χ1) is 12.0. The van der Waals surface area contributed by atoms with Crippen molar-refractivity contribution in [3.63, 3.8) is 0 Å². The van der Waals surface area contributed by atoms with E-state index in [1.54, 1.807) is 0 Å². The van der Waals surface area contributed by atoms with Crippen molar-refractivity contribution in [2.24, 2.45) is 11.1 Å². The second-order valence-electron chi connectivity index (χ2n) is 7.26. The number of nitriles is 1. The molecule has 2 aliphatic rings. The molecule has 138 valence electrons. The number of hydrogen-bond donors (Lipinski definition) is 1. The zero-order chi connectivity index (χ0) is 19.3. The Kier molecular flexibility index (Phi) is 4.09. The summed E-state index contributed by atoms with van der Waals surface area (Å²) < 4.78 is 44.0. The fourth-order valence-electron chi connectivity index (χ4n) is 3.38. The zero-order valence-electron chi connectivity index (χ0n) is 14.2. The summed E-state index contributed by atoms with van der Waals surface area (Å²) in [5.41, 5.74) is 5.91. The number of allylic oxidation sites excluding steroid dienone is 3. The van der Waals surface area contributed by atoms with Crippen LogP contribution in [0.5, 0.6) is 0 Å². The van der Waals surface area contributed by atoms with Crippen LogP contribution in [0, 0.1) is 16.7 Å². The third-order valence-electron chi connectivity index (χ3n) is 4.37. The Bertz CT molecular complexity index is 871. The van der Waals surface area contributed by atoms with E-state index in [4.69, 9.17) is 10.5 Å². The normalized spacial score (nSPS) is 22.8. The molecule has 0 bridgehead atoms. The maximum absolute atomic E-state index is 12.7. The van der Waals surface area contributed by atoms with Gasteiger partial charge in [0.2, 0.25) is 5.88 Å². The van der Waals surface area contributed by atoms with Gasteiger partial charge in [0.15, 0.2) is 5.78 Å². The number of hydrogen-bond acceptors (Lipinski definition) is 5. The minimum absolute atomic E-state index is 0.0194. The van der Waals surface area contributed by atoms with Crippen molar-refractivity contribution in [3.8, 4) is 6.07 Å². The molecule has 1 aliphatic heterocycles. The quantitative estimate of drug-likeness (QED) is 0.869. The van der Waals surface area contributed by atoms with E-state index >= 15 is 0 Å². The fraction of sp³-hybridized carbons (Fsp3) is 0.471. The van der Waals surface area contributed by atoms with Gasteiger partial charge in [-0.15, -0.1) is 0 Å². The number of nitrogens with two attached hydrogens (primary N) is 1. The minimum atomic E-state index is -4.43. The standard InChI is InChI=1S/C17H17F3N4O2/c1-16(2)5-11(25)14-12(6-16)26-15(22)9(7-21)13(14)10-3-4-24(23-10)8-17(18,19)20/h3-4,13H,5-6,8,22H2,1-2H3. The molecule has 0 radical (unpaired) electrons. The predicted octanol–water partition coefficient (Wildman–Crippen LogP) is 2.90. The maximum Gasteiger partial charge on any atom is 0.408 e. The molecule has 0 aromatic carbocycles. The Morgan fingerprint density at radius 3 is 2.77 bits per heavy atom. The molecule has 0 spiro atoms. The summed E-state index contributed by atoms with van der Waals surface area (Å²) in [6, 6.07) is 3.27. The van der Waals surface area contributed by atoms with E-state index < -0.39 is 18.6 Å². The number of carbonyl (C=O) groups is 1. The number of aromatic nitrogens is 2. The molecule has 1 unspecified atom stereocenters. The highest BCUT2D eigenvalue weighted by Gasteiger charge is 2.44. The average molecular weight is 366 g/mol. The topological polar surface area (TPSA) is 93.9 Å². The smallest absolute Gasteiger partial charge is 0.408 e. The van der Waals surface area contributed by atoms with Gasteiger partial charge >= 0.3 is 6.18 Å². The maximum atomic E-state index is 12.7. The number of ketones is 1. The molecule has 26 heavy (non-hydrogen) atoms. The van der Waals surface area contributed by atoms with Crippen molar-refractivity contribution in [2.45, 2.75) is 45.3 Å². The molecule has 2 heterocycles. The Labute approximate surface area is 147 Å². The lowest BCUT2D eigenvalue weighted by atomic mass is 9.71. The van der Waals surface area contributed by atoms with Crippen LogP contribution in [0.1, 0.15) is 38.3 Å². The second kappa shape index (κ2) is 5.90. The molecule has 0 saturated carbocycles. The molecule has 0 amide bonds. The number of carbonyl (C=O) groups excluding carboxylic acids is 1. The molecule has 0 fully saturated rings. The van der Waals surface area contributed by atoms with Gasteiger partial charge < -0.3 is 10.5 Å². The molecule has 6 nitrogen and oxygen atoms in total. The van der Waals surface area contributed by atoms with Crippen molar-refractivity contribution in [3.05, 3.63) is 40.7 Å². The Morgan fingerprint density at radius 1 is 1.46 bits per heavy atom. The highest BCUT2D eigenvalue weighted by Crippen LogP contribution is 2.47. The van der Waals surface area contributed by atoms with Gasteiger partial charge in [-0.25, -0.2) is 0 Å². The SMILES string of the molecule is CC1(C)CC(=O)C2=C(C1)OC(N)=C(C#N)C2c1ccn(CC(F)(F)F)n1. The van der Waals surface area contributed by atoms with Gasteiger partial charge in [0.05, 0.1) is 11.6 Å². The van der Waals surface area contributed by atoms with Gasteiger partial charge in [-0.05, 0) is 11.5 Å². The van der Waals surface area contributed by atoms with Gasteiger partial charge in [0.25, 0.3) is 0 Å². The summed E-state index contributed by atoms with van der Waals surface area (Å²) in [6.45, 7) is 2.56. The van der Waals surface area contributed by atoms with Crippen LogP contribution in [0.25, 0.3) is 0 Å². The summed E-state index contributed by atoms with van der Waals surface area (Å²) in [6.07, 6.45) is -2.58. The Balaban J connectivity index is 2.07. The van der Waals surface area contributed by atoms with Gasteiger partial charge in [-0.1, -0.05) is 13.8 Å². The van der Waals surface area contributed by atoms with Crippen molar-refractivity contribution < 1.29 is 22.7 Å². The lowest BCUT2D eigenvalue weighted by Crippen LogP contribution is -2.33. The van der Waals surface area contributed by atoms with Crippen LogP contribution in [0.15, 0.2) is 35.1 Å². The van der Waals surface area contributed by atoms with Crippen molar-refractivity contribution >= 4 is 5.78 Å². The van der Waals surface area contributed by atoms with E-state index in [1.165, 1.54) is 12.3 Å². The molecule has 1 aliphatic carbocycles. The van der Waals surface area contributed by atoms with E-state index in [0.717, 1.165) is 4.68 Å². The van der Waals surface area contributed by atoms with Crippen LogP contribution >= 0.6 is 0 Å². The summed E-state index contributed by atoms with van der Waals surface area (Å²) in [4.78, 5) is 12.7. The van der Waals surface area contributed by atoms with Crippen molar-refractivity contribution in [1.82, 2.24) is 9.78 Å². The minimum Gasteiger partial charge on any atom is -0.444 e. The second-order valence-corrected chi connectivity index (χ2v) is 7.26. The van der Waals surface area contributed by atoms with Gasteiger partial charge in [0.1, 0.15) is 23.9 Å². The molecular formula is C17H17F3N4O2. The third-order valence-corrected chi connectivity index (χ3v) is 4.37. The van der Waals surface area contributed by atoms with Crippen LogP contribution in [0.3, 0.4) is 0 Å². The van der Waals surface area contributed by atoms with Gasteiger partial charge in [0, 0.05) is 24.6 Å². The molecule has 1 aromatic heterocycles. The molecule has 9 heteroatoms. The van der Waals surface area contributed by atoms with Crippen molar-refractivity contribution in [2.75, 3.05) is 0 Å². The number of alkyl halides is 3. The Hall–Kier alpha value is -2.76. The predicted molar refractivity (Wildman–Crippen MR) is 84.0 cm³/mol. The highest BCUT2D eigenvalue weighted by molar-refractivity contribution is 5.99. The molecule has 3 rings (SSSR count). The molecule has 1 atom stereocenters. The summed E-state index contributed by atoms with van der Waals surface area (Å²) in [7, 11) is 0. The first kappa shape index (κ1) is 18.0.